The van der Waals surface area contributed by atoms with Gasteiger partial charge >= 0.3 is 0 Å². The Labute approximate surface area is 144 Å². The van der Waals surface area contributed by atoms with E-state index in [0.717, 1.165) is 12.0 Å². The monoisotopic (exact) mass is 361 g/mol. The van der Waals surface area contributed by atoms with Gasteiger partial charge in [-0.2, -0.15) is 0 Å². The molecule has 6 nitrogen and oxygen atoms in total. The van der Waals surface area contributed by atoms with Gasteiger partial charge in [-0.3, -0.25) is 4.79 Å². The largest absolute Gasteiger partial charge is 0.332 e. The highest BCUT2D eigenvalue weighted by atomic mass is 35.5. The molecule has 2 rings (SSSR count). The molecule has 1 aromatic carbocycles. The Balaban J connectivity index is 0.00000264. The zero-order valence-electron chi connectivity index (χ0n) is 13.4. The Morgan fingerprint density at radius 3 is 2.57 bits per heavy atom. The predicted octanol–water partition coefficient (Wildman–Crippen LogP) is 0.693. The molecule has 1 saturated heterocycles. The van der Waals surface area contributed by atoms with E-state index in [1.807, 2.05) is 12.1 Å². The number of benzene rings is 1. The normalized spacial score (nSPS) is 18.3. The lowest BCUT2D eigenvalue weighted by atomic mass is 10.0. The first-order valence-electron chi connectivity index (χ1n) is 7.47. The third kappa shape index (κ3) is 5.17. The van der Waals surface area contributed by atoms with Crippen LogP contribution in [0, 0.1) is 0 Å². The molecule has 0 spiro atoms. The first-order valence-corrected chi connectivity index (χ1v) is 9.12. The van der Waals surface area contributed by atoms with Crippen LogP contribution >= 0.6 is 12.4 Å². The van der Waals surface area contributed by atoms with Crippen LogP contribution < -0.4 is 10.0 Å². The predicted molar refractivity (Wildman–Crippen MR) is 93.2 cm³/mol. The fourth-order valence-electron chi connectivity index (χ4n) is 2.59. The van der Waals surface area contributed by atoms with E-state index < -0.39 is 15.8 Å². The second-order valence-corrected chi connectivity index (χ2v) is 7.29. The van der Waals surface area contributed by atoms with Crippen LogP contribution in [0.1, 0.15) is 24.1 Å². The van der Waals surface area contributed by atoms with Gasteiger partial charge in [0.2, 0.25) is 15.9 Å². The van der Waals surface area contributed by atoms with Crippen molar-refractivity contribution in [2.24, 2.45) is 0 Å². The fourth-order valence-corrected chi connectivity index (χ4v) is 3.23. The summed E-state index contributed by atoms with van der Waals surface area (Å²) in [4.78, 5) is 14.0. The zero-order chi connectivity index (χ0) is 16.2. The summed E-state index contributed by atoms with van der Waals surface area (Å²) in [6.45, 7) is 3.92. The minimum absolute atomic E-state index is 0. The molecule has 1 aliphatic rings. The molecule has 0 radical (unpaired) electrons. The molecule has 0 saturated carbocycles. The number of amides is 1. The van der Waals surface area contributed by atoms with Gasteiger partial charge in [-0.15, -0.1) is 12.4 Å². The molecule has 1 amide bonds. The summed E-state index contributed by atoms with van der Waals surface area (Å²) in [6, 6.07) is 8.01. The molecular weight excluding hydrogens is 338 g/mol. The first-order chi connectivity index (χ1) is 10.5. The smallest absolute Gasteiger partial charge is 0.239 e. The lowest BCUT2D eigenvalue weighted by molar-refractivity contribution is -0.131. The third-order valence-corrected chi connectivity index (χ3v) is 5.21. The number of aryl methyl sites for hydroxylation is 1. The van der Waals surface area contributed by atoms with Gasteiger partial charge in [0, 0.05) is 19.6 Å². The summed E-state index contributed by atoms with van der Waals surface area (Å²) in [5.41, 5.74) is 2.27. The third-order valence-electron chi connectivity index (χ3n) is 3.96. The number of hydrogen-bond donors (Lipinski definition) is 2. The van der Waals surface area contributed by atoms with Crippen molar-refractivity contribution in [3.8, 4) is 0 Å². The quantitative estimate of drug-likeness (QED) is 0.809. The van der Waals surface area contributed by atoms with Crippen molar-refractivity contribution < 1.29 is 13.2 Å². The number of halogens is 1. The lowest BCUT2D eigenvalue weighted by Crippen LogP contribution is -2.50. The molecule has 1 aromatic rings. The molecule has 1 atom stereocenters. The lowest BCUT2D eigenvalue weighted by Gasteiger charge is -2.36. The molecule has 130 valence electrons. The Kier molecular flexibility index (Phi) is 7.47. The van der Waals surface area contributed by atoms with Gasteiger partial charge < -0.3 is 10.2 Å². The van der Waals surface area contributed by atoms with Crippen molar-refractivity contribution in [2.75, 3.05) is 32.4 Å². The Bertz CT molecular complexity index is 619. The summed E-state index contributed by atoms with van der Waals surface area (Å²) in [5.74, 6) is -0.868. The van der Waals surface area contributed by atoms with Gasteiger partial charge in [-0.25, -0.2) is 13.1 Å². The average molecular weight is 362 g/mol. The van der Waals surface area contributed by atoms with E-state index in [9.17, 15) is 13.2 Å². The zero-order valence-corrected chi connectivity index (χ0v) is 15.0. The van der Waals surface area contributed by atoms with Gasteiger partial charge in [0.15, 0.2) is 0 Å². The highest BCUT2D eigenvalue weighted by Gasteiger charge is 2.30. The Morgan fingerprint density at radius 2 is 2.00 bits per heavy atom. The molecule has 0 aliphatic carbocycles. The number of sulfonamides is 1. The van der Waals surface area contributed by atoms with Gasteiger partial charge in [0.05, 0.1) is 6.04 Å². The number of nitrogens with zero attached hydrogens (tertiary/aromatic N) is 1. The summed E-state index contributed by atoms with van der Waals surface area (Å²) in [6.07, 6.45) is 0.965. The van der Waals surface area contributed by atoms with E-state index in [0.29, 0.717) is 19.6 Å². The van der Waals surface area contributed by atoms with Crippen LogP contribution in [-0.2, 0) is 21.2 Å². The van der Waals surface area contributed by atoms with E-state index in [4.69, 9.17) is 0 Å². The van der Waals surface area contributed by atoms with Gasteiger partial charge in [0.1, 0.15) is 5.75 Å². The van der Waals surface area contributed by atoms with Gasteiger partial charge in [0.25, 0.3) is 0 Å². The molecule has 2 N–H and O–H groups in total. The maximum absolute atomic E-state index is 12.4. The van der Waals surface area contributed by atoms with Crippen molar-refractivity contribution in [3.63, 3.8) is 0 Å². The minimum Gasteiger partial charge on any atom is -0.332 e. The molecule has 0 bridgehead atoms. The van der Waals surface area contributed by atoms with Crippen LogP contribution in [0.4, 0.5) is 0 Å². The maximum Gasteiger partial charge on any atom is 0.239 e. The molecule has 1 unspecified atom stereocenters. The van der Waals surface area contributed by atoms with Gasteiger partial charge in [-0.05, 0) is 24.6 Å². The van der Waals surface area contributed by atoms with E-state index in [-0.39, 0.29) is 24.4 Å². The second kappa shape index (κ2) is 8.63. The van der Waals surface area contributed by atoms with Crippen LogP contribution in [0.25, 0.3) is 0 Å². The number of rotatable bonds is 5. The molecule has 1 heterocycles. The molecule has 8 heteroatoms. The van der Waals surface area contributed by atoms with Crippen LogP contribution in [0.3, 0.4) is 0 Å². The Morgan fingerprint density at radius 1 is 1.35 bits per heavy atom. The molecule has 0 aromatic heterocycles. The molecule has 1 fully saturated rings. The summed E-state index contributed by atoms with van der Waals surface area (Å²) >= 11 is 0. The fraction of sp³-hybridized carbons (Fsp3) is 0.533. The number of hydrogen-bond acceptors (Lipinski definition) is 4. The number of carbonyl (C=O) groups excluding carboxylic acids is 1. The SMILES string of the molecule is CCc1ccc(C2CNCCN2C(=O)CS(=O)(=O)NC)cc1.Cl. The summed E-state index contributed by atoms with van der Waals surface area (Å²) in [7, 11) is -2.23. The number of carbonyl (C=O) groups is 1. The van der Waals surface area contributed by atoms with Crippen molar-refractivity contribution in [1.82, 2.24) is 14.9 Å². The second-order valence-electron chi connectivity index (χ2n) is 5.37. The van der Waals surface area contributed by atoms with E-state index >= 15 is 0 Å². The van der Waals surface area contributed by atoms with E-state index in [2.05, 4.69) is 29.1 Å². The van der Waals surface area contributed by atoms with E-state index in [1.54, 1.807) is 4.90 Å². The van der Waals surface area contributed by atoms with Crippen LogP contribution in [0.5, 0.6) is 0 Å². The first kappa shape index (κ1) is 19.9. The summed E-state index contributed by atoms with van der Waals surface area (Å²) in [5, 5.41) is 3.26. The number of piperazine rings is 1. The number of nitrogens with one attached hydrogen (secondary N) is 2. The average Bonchev–Trinajstić information content (AvgIpc) is 2.54. The highest BCUT2D eigenvalue weighted by molar-refractivity contribution is 7.90. The molecule has 23 heavy (non-hydrogen) atoms. The van der Waals surface area contributed by atoms with Crippen molar-refractivity contribution in [1.29, 1.82) is 0 Å². The van der Waals surface area contributed by atoms with Gasteiger partial charge in [-0.1, -0.05) is 31.2 Å². The summed E-state index contributed by atoms with van der Waals surface area (Å²) < 4.78 is 25.4. The topological polar surface area (TPSA) is 78.5 Å². The maximum atomic E-state index is 12.4. The highest BCUT2D eigenvalue weighted by Crippen LogP contribution is 2.23. The molecular formula is C15H24ClN3O3S. The van der Waals surface area contributed by atoms with Crippen molar-refractivity contribution >= 4 is 28.3 Å². The van der Waals surface area contributed by atoms with Crippen molar-refractivity contribution in [3.05, 3.63) is 35.4 Å². The van der Waals surface area contributed by atoms with Crippen LogP contribution in [0.2, 0.25) is 0 Å². The van der Waals surface area contributed by atoms with Crippen LogP contribution in [-0.4, -0.2) is 51.7 Å². The molecule has 1 aliphatic heterocycles. The Hall–Kier alpha value is -1.15. The van der Waals surface area contributed by atoms with Crippen LogP contribution in [0.15, 0.2) is 24.3 Å². The van der Waals surface area contributed by atoms with E-state index in [1.165, 1.54) is 12.6 Å². The van der Waals surface area contributed by atoms with Crippen molar-refractivity contribution in [2.45, 2.75) is 19.4 Å². The standard InChI is InChI=1S/C15H23N3O3S.ClH/c1-3-12-4-6-13(7-5-12)14-10-17-8-9-18(14)15(19)11-22(20,21)16-2;/h4-7,14,16-17H,3,8-11H2,1-2H3;1H. The minimum atomic E-state index is -3.55.